The Morgan fingerprint density at radius 1 is 1.37 bits per heavy atom. The van der Waals surface area contributed by atoms with Gasteiger partial charge >= 0.3 is 0 Å². The first-order valence-corrected chi connectivity index (χ1v) is 9.29. The summed E-state index contributed by atoms with van der Waals surface area (Å²) in [5.41, 5.74) is 0.362. The Bertz CT molecular complexity index is 770. The molecular weight excluding hydrogens is 346 g/mol. The van der Waals surface area contributed by atoms with Gasteiger partial charge in [-0.1, -0.05) is 19.0 Å². The Morgan fingerprint density at radius 2 is 2.19 bits per heavy atom. The molecule has 8 nitrogen and oxygen atoms in total. The van der Waals surface area contributed by atoms with E-state index in [-0.39, 0.29) is 24.0 Å². The Labute approximate surface area is 159 Å². The SMILES string of the molecule is CC(C)c1nc(CNC(=O)c2ccc(NC3CCOC(C)(C)C3)nc2)no1. The highest BCUT2D eigenvalue weighted by atomic mass is 16.5. The number of ether oxygens (including phenoxy) is 1. The van der Waals surface area contributed by atoms with E-state index in [1.54, 1.807) is 12.3 Å². The van der Waals surface area contributed by atoms with E-state index in [9.17, 15) is 4.79 Å². The van der Waals surface area contributed by atoms with Crippen molar-refractivity contribution >= 4 is 11.7 Å². The Kier molecular flexibility index (Phi) is 5.74. The Balaban J connectivity index is 1.52. The first kappa shape index (κ1) is 19.3. The molecule has 1 aliphatic rings. The summed E-state index contributed by atoms with van der Waals surface area (Å²) in [6.45, 7) is 9.08. The van der Waals surface area contributed by atoms with E-state index in [0.29, 0.717) is 23.3 Å². The van der Waals surface area contributed by atoms with Crippen LogP contribution in [0.2, 0.25) is 0 Å². The summed E-state index contributed by atoms with van der Waals surface area (Å²) in [7, 11) is 0. The first-order valence-electron chi connectivity index (χ1n) is 9.29. The summed E-state index contributed by atoms with van der Waals surface area (Å²) < 4.78 is 10.9. The molecule has 0 spiro atoms. The van der Waals surface area contributed by atoms with Crippen LogP contribution in [-0.4, -0.2) is 39.3 Å². The van der Waals surface area contributed by atoms with E-state index >= 15 is 0 Å². The van der Waals surface area contributed by atoms with Crippen LogP contribution in [-0.2, 0) is 11.3 Å². The molecule has 146 valence electrons. The Morgan fingerprint density at radius 3 is 2.81 bits per heavy atom. The predicted molar refractivity (Wildman–Crippen MR) is 100 cm³/mol. The van der Waals surface area contributed by atoms with E-state index in [1.807, 2.05) is 19.9 Å². The molecular formula is C19H27N5O3. The normalized spacial score (nSPS) is 19.1. The van der Waals surface area contributed by atoms with Gasteiger partial charge in [-0.25, -0.2) is 4.98 Å². The molecule has 2 N–H and O–H groups in total. The number of anilines is 1. The van der Waals surface area contributed by atoms with Crippen LogP contribution in [0.15, 0.2) is 22.9 Å². The number of nitrogens with one attached hydrogen (secondary N) is 2. The van der Waals surface area contributed by atoms with Gasteiger partial charge in [-0.3, -0.25) is 4.79 Å². The van der Waals surface area contributed by atoms with Crippen LogP contribution in [0.25, 0.3) is 0 Å². The number of aromatic nitrogens is 3. The van der Waals surface area contributed by atoms with Crippen molar-refractivity contribution in [2.75, 3.05) is 11.9 Å². The lowest BCUT2D eigenvalue weighted by molar-refractivity contribution is -0.0553. The van der Waals surface area contributed by atoms with Gasteiger partial charge in [0.15, 0.2) is 5.82 Å². The molecule has 1 atom stereocenters. The maximum atomic E-state index is 12.3. The lowest BCUT2D eigenvalue weighted by atomic mass is 9.94. The molecule has 1 amide bonds. The average Bonchev–Trinajstić information content (AvgIpc) is 3.09. The number of hydrogen-bond acceptors (Lipinski definition) is 7. The van der Waals surface area contributed by atoms with Crippen LogP contribution >= 0.6 is 0 Å². The third kappa shape index (κ3) is 5.26. The molecule has 2 aromatic heterocycles. The first-order chi connectivity index (χ1) is 12.8. The zero-order valence-corrected chi connectivity index (χ0v) is 16.3. The van der Waals surface area contributed by atoms with Gasteiger partial charge < -0.3 is 19.9 Å². The van der Waals surface area contributed by atoms with Gasteiger partial charge in [-0.2, -0.15) is 4.98 Å². The maximum absolute atomic E-state index is 12.3. The Hall–Kier alpha value is -2.48. The van der Waals surface area contributed by atoms with Crippen molar-refractivity contribution < 1.29 is 14.1 Å². The van der Waals surface area contributed by atoms with Crippen molar-refractivity contribution in [1.82, 2.24) is 20.4 Å². The molecule has 1 fully saturated rings. The lowest BCUT2D eigenvalue weighted by Gasteiger charge is -2.36. The van der Waals surface area contributed by atoms with Crippen molar-refractivity contribution in [3.8, 4) is 0 Å². The molecule has 1 saturated heterocycles. The van der Waals surface area contributed by atoms with Crippen LogP contribution in [0.3, 0.4) is 0 Å². The highest BCUT2D eigenvalue weighted by Crippen LogP contribution is 2.25. The van der Waals surface area contributed by atoms with Gasteiger partial charge in [0.1, 0.15) is 5.82 Å². The third-order valence-electron chi connectivity index (χ3n) is 4.46. The fourth-order valence-electron chi connectivity index (χ4n) is 3.01. The summed E-state index contributed by atoms with van der Waals surface area (Å²) in [6, 6.07) is 3.89. The third-order valence-corrected chi connectivity index (χ3v) is 4.46. The van der Waals surface area contributed by atoms with Gasteiger partial charge in [0, 0.05) is 24.8 Å². The van der Waals surface area contributed by atoms with Crippen LogP contribution in [0.1, 0.15) is 68.5 Å². The summed E-state index contributed by atoms with van der Waals surface area (Å²) in [4.78, 5) is 20.9. The van der Waals surface area contributed by atoms with Gasteiger partial charge in [-0.05, 0) is 38.8 Å². The van der Waals surface area contributed by atoms with Crippen molar-refractivity contribution in [3.05, 3.63) is 35.6 Å². The fourth-order valence-corrected chi connectivity index (χ4v) is 3.01. The molecule has 0 radical (unpaired) electrons. The summed E-state index contributed by atoms with van der Waals surface area (Å²) in [5, 5.41) is 10.1. The van der Waals surface area contributed by atoms with Gasteiger partial charge in [0.2, 0.25) is 5.89 Å². The average molecular weight is 373 g/mol. The summed E-state index contributed by atoms with van der Waals surface area (Å²) >= 11 is 0. The van der Waals surface area contributed by atoms with Crippen LogP contribution in [0.5, 0.6) is 0 Å². The molecule has 0 saturated carbocycles. The van der Waals surface area contributed by atoms with Gasteiger partial charge in [0.25, 0.3) is 5.91 Å². The van der Waals surface area contributed by atoms with Crippen LogP contribution in [0, 0.1) is 0 Å². The number of carbonyl (C=O) groups excluding carboxylic acids is 1. The molecule has 2 aromatic rings. The molecule has 1 unspecified atom stereocenters. The zero-order valence-electron chi connectivity index (χ0n) is 16.3. The summed E-state index contributed by atoms with van der Waals surface area (Å²) in [6.07, 6.45) is 3.42. The zero-order chi connectivity index (χ0) is 19.4. The van der Waals surface area contributed by atoms with E-state index in [2.05, 4.69) is 39.6 Å². The second kappa shape index (κ2) is 8.04. The minimum absolute atomic E-state index is 0.125. The van der Waals surface area contributed by atoms with Crippen molar-refractivity contribution in [2.45, 2.75) is 64.6 Å². The van der Waals surface area contributed by atoms with Crippen LogP contribution < -0.4 is 10.6 Å². The number of hydrogen-bond donors (Lipinski definition) is 2. The molecule has 27 heavy (non-hydrogen) atoms. The number of rotatable bonds is 6. The second-order valence-corrected chi connectivity index (χ2v) is 7.76. The quantitative estimate of drug-likeness (QED) is 0.802. The minimum atomic E-state index is -0.225. The highest BCUT2D eigenvalue weighted by Gasteiger charge is 2.28. The van der Waals surface area contributed by atoms with Gasteiger partial charge in [-0.15, -0.1) is 0 Å². The van der Waals surface area contributed by atoms with Crippen molar-refractivity contribution in [2.24, 2.45) is 0 Å². The van der Waals surface area contributed by atoms with E-state index < -0.39 is 0 Å². The highest BCUT2D eigenvalue weighted by molar-refractivity contribution is 5.93. The van der Waals surface area contributed by atoms with Crippen LogP contribution in [0.4, 0.5) is 5.82 Å². The predicted octanol–water partition coefficient (Wildman–Crippen LogP) is 2.89. The topological polar surface area (TPSA) is 102 Å². The van der Waals surface area contributed by atoms with E-state index in [1.165, 1.54) is 0 Å². The monoisotopic (exact) mass is 373 g/mol. The molecule has 1 aliphatic heterocycles. The number of pyridine rings is 1. The lowest BCUT2D eigenvalue weighted by Crippen LogP contribution is -2.40. The molecule has 8 heteroatoms. The molecule has 0 aliphatic carbocycles. The molecule has 0 bridgehead atoms. The van der Waals surface area contributed by atoms with E-state index in [0.717, 1.165) is 25.3 Å². The second-order valence-electron chi connectivity index (χ2n) is 7.76. The number of carbonyl (C=O) groups is 1. The van der Waals surface area contributed by atoms with Gasteiger partial charge in [0.05, 0.1) is 17.7 Å². The fraction of sp³-hybridized carbons (Fsp3) is 0.579. The molecule has 3 heterocycles. The van der Waals surface area contributed by atoms with E-state index in [4.69, 9.17) is 9.26 Å². The largest absolute Gasteiger partial charge is 0.375 e. The molecule has 3 rings (SSSR count). The smallest absolute Gasteiger partial charge is 0.253 e. The molecule has 0 aromatic carbocycles. The van der Waals surface area contributed by atoms with Crippen molar-refractivity contribution in [3.63, 3.8) is 0 Å². The summed E-state index contributed by atoms with van der Waals surface area (Å²) in [5.74, 6) is 1.71. The number of amides is 1. The minimum Gasteiger partial charge on any atom is -0.375 e. The number of nitrogens with zero attached hydrogens (tertiary/aromatic N) is 3. The maximum Gasteiger partial charge on any atom is 0.253 e. The standard InChI is InChI=1S/C19H27N5O3/c1-12(2)18-23-16(24-27-18)11-21-17(25)13-5-6-15(20-10-13)22-14-7-8-26-19(3,4)9-14/h5-6,10,12,14H,7-9,11H2,1-4H3,(H,20,22)(H,21,25). The van der Waals surface area contributed by atoms with Crippen molar-refractivity contribution in [1.29, 1.82) is 0 Å².